The Kier molecular flexibility index (Phi) is 4.91. The van der Waals surface area contributed by atoms with Crippen LogP contribution in [0.4, 0.5) is 10.5 Å². The molecule has 0 bridgehead atoms. The van der Waals surface area contributed by atoms with Crippen molar-refractivity contribution in [3.63, 3.8) is 0 Å². The molecular formula is C12H12BrNO4. The van der Waals surface area contributed by atoms with E-state index in [4.69, 9.17) is 9.84 Å². The Balaban J connectivity index is 2.94. The van der Waals surface area contributed by atoms with Crippen molar-refractivity contribution in [2.45, 2.75) is 6.92 Å². The Labute approximate surface area is 113 Å². The van der Waals surface area contributed by atoms with Crippen LogP contribution in [-0.2, 0) is 4.74 Å². The number of aromatic carboxylic acids is 1. The number of carboxylic acid groups (broad SMARTS) is 1. The molecule has 0 saturated carbocycles. The quantitative estimate of drug-likeness (QED) is 0.837. The molecule has 0 fully saturated rings. The second kappa shape index (κ2) is 6.20. The van der Waals surface area contributed by atoms with Gasteiger partial charge in [0.15, 0.2) is 0 Å². The monoisotopic (exact) mass is 313 g/mol. The lowest BCUT2D eigenvalue weighted by Gasteiger charge is -2.09. The van der Waals surface area contributed by atoms with E-state index in [1.54, 1.807) is 13.0 Å². The summed E-state index contributed by atoms with van der Waals surface area (Å²) in [4.78, 5) is 22.3. The van der Waals surface area contributed by atoms with Crippen LogP contribution in [0.2, 0.25) is 0 Å². The summed E-state index contributed by atoms with van der Waals surface area (Å²) in [6.45, 7) is 5.17. The van der Waals surface area contributed by atoms with E-state index in [0.29, 0.717) is 15.7 Å². The van der Waals surface area contributed by atoms with Gasteiger partial charge in [-0.1, -0.05) is 28.6 Å². The van der Waals surface area contributed by atoms with Gasteiger partial charge >= 0.3 is 12.1 Å². The number of anilines is 1. The molecule has 0 aliphatic carbocycles. The van der Waals surface area contributed by atoms with Crippen molar-refractivity contribution in [1.82, 2.24) is 0 Å². The van der Waals surface area contributed by atoms with Crippen LogP contribution in [-0.4, -0.2) is 23.8 Å². The first-order valence-electron chi connectivity index (χ1n) is 5.03. The first-order valence-corrected chi connectivity index (χ1v) is 5.83. The van der Waals surface area contributed by atoms with Crippen LogP contribution < -0.4 is 5.32 Å². The molecule has 0 radical (unpaired) electrons. The van der Waals surface area contributed by atoms with Crippen LogP contribution in [0.5, 0.6) is 0 Å². The molecule has 1 aromatic carbocycles. The first-order chi connectivity index (χ1) is 8.45. The summed E-state index contributed by atoms with van der Waals surface area (Å²) >= 11 is 3.24. The van der Waals surface area contributed by atoms with Crippen LogP contribution in [0.15, 0.2) is 29.3 Å². The molecule has 0 aromatic heterocycles. The molecule has 0 heterocycles. The van der Waals surface area contributed by atoms with Gasteiger partial charge in [0, 0.05) is 10.2 Å². The Hall–Kier alpha value is -1.82. The molecule has 0 aliphatic rings. The summed E-state index contributed by atoms with van der Waals surface area (Å²) < 4.78 is 5.33. The molecule has 0 atom stereocenters. The standard InChI is InChI=1S/C12H12BrNO4/c1-3-4-18-12(17)14-8-5-9(11(15)16)7(2)10(13)6-8/h3,5-6H,1,4H2,2H3,(H,14,17)(H,15,16). The summed E-state index contributed by atoms with van der Waals surface area (Å²) in [6, 6.07) is 2.98. The highest BCUT2D eigenvalue weighted by atomic mass is 79.9. The molecule has 1 amide bonds. The maximum absolute atomic E-state index is 11.3. The minimum Gasteiger partial charge on any atom is -0.478 e. The molecule has 0 spiro atoms. The number of rotatable bonds is 4. The maximum Gasteiger partial charge on any atom is 0.411 e. The van der Waals surface area contributed by atoms with Crippen molar-refractivity contribution in [2.75, 3.05) is 11.9 Å². The normalized spacial score (nSPS) is 9.67. The minimum absolute atomic E-state index is 0.0879. The largest absolute Gasteiger partial charge is 0.478 e. The van der Waals surface area contributed by atoms with Crippen molar-refractivity contribution in [2.24, 2.45) is 0 Å². The van der Waals surface area contributed by atoms with E-state index < -0.39 is 12.1 Å². The fraction of sp³-hybridized carbons (Fsp3) is 0.167. The van der Waals surface area contributed by atoms with Gasteiger partial charge in [0.05, 0.1) is 5.56 Å². The summed E-state index contributed by atoms with van der Waals surface area (Å²) in [6.07, 6.45) is 0.773. The van der Waals surface area contributed by atoms with Gasteiger partial charge in [0.1, 0.15) is 6.61 Å². The average molecular weight is 314 g/mol. The molecule has 96 valence electrons. The van der Waals surface area contributed by atoms with Gasteiger partial charge in [0.2, 0.25) is 0 Å². The lowest BCUT2D eigenvalue weighted by Crippen LogP contribution is -2.14. The zero-order chi connectivity index (χ0) is 13.7. The van der Waals surface area contributed by atoms with Gasteiger partial charge < -0.3 is 9.84 Å². The number of hydrogen-bond acceptors (Lipinski definition) is 3. The van der Waals surface area contributed by atoms with E-state index in [1.807, 2.05) is 0 Å². The topological polar surface area (TPSA) is 75.6 Å². The third-order valence-electron chi connectivity index (χ3n) is 2.15. The Bertz CT molecular complexity index is 499. The van der Waals surface area contributed by atoms with Crippen molar-refractivity contribution < 1.29 is 19.4 Å². The zero-order valence-electron chi connectivity index (χ0n) is 9.70. The molecule has 1 rings (SSSR count). The van der Waals surface area contributed by atoms with Gasteiger partial charge in [-0.2, -0.15) is 0 Å². The predicted octanol–water partition coefficient (Wildman–Crippen LogP) is 3.19. The molecule has 6 heteroatoms. The number of carboxylic acids is 1. The van der Waals surface area contributed by atoms with Crippen LogP contribution in [0.1, 0.15) is 15.9 Å². The molecule has 0 unspecified atom stereocenters. The molecule has 5 nitrogen and oxygen atoms in total. The first kappa shape index (κ1) is 14.2. The predicted molar refractivity (Wildman–Crippen MR) is 71.0 cm³/mol. The lowest BCUT2D eigenvalue weighted by molar-refractivity contribution is 0.0696. The Morgan fingerprint density at radius 2 is 2.22 bits per heavy atom. The molecule has 0 aliphatic heterocycles. The Morgan fingerprint density at radius 1 is 1.56 bits per heavy atom. The average Bonchev–Trinajstić information content (AvgIpc) is 2.30. The van der Waals surface area contributed by atoms with Crippen LogP contribution in [0.3, 0.4) is 0 Å². The van der Waals surface area contributed by atoms with E-state index in [9.17, 15) is 9.59 Å². The van der Waals surface area contributed by atoms with E-state index in [1.165, 1.54) is 12.1 Å². The molecule has 18 heavy (non-hydrogen) atoms. The van der Waals surface area contributed by atoms with Gasteiger partial charge in [-0.15, -0.1) is 0 Å². The number of carbonyl (C=O) groups excluding carboxylic acids is 1. The number of halogens is 1. The second-order valence-corrected chi connectivity index (χ2v) is 4.30. The molecule has 0 saturated heterocycles. The summed E-state index contributed by atoms with van der Waals surface area (Å²) in [7, 11) is 0. The number of amides is 1. The SMILES string of the molecule is C=CCOC(=O)Nc1cc(Br)c(C)c(C(=O)O)c1. The second-order valence-electron chi connectivity index (χ2n) is 3.45. The van der Waals surface area contributed by atoms with Crippen LogP contribution in [0.25, 0.3) is 0 Å². The minimum atomic E-state index is -1.06. The van der Waals surface area contributed by atoms with Gasteiger partial charge in [-0.25, -0.2) is 9.59 Å². The number of nitrogens with one attached hydrogen (secondary N) is 1. The maximum atomic E-state index is 11.3. The fourth-order valence-corrected chi connectivity index (χ4v) is 1.72. The summed E-state index contributed by atoms with van der Waals surface area (Å²) in [5, 5.41) is 11.4. The number of benzene rings is 1. The van der Waals surface area contributed by atoms with E-state index >= 15 is 0 Å². The van der Waals surface area contributed by atoms with E-state index in [2.05, 4.69) is 27.8 Å². The fourth-order valence-electron chi connectivity index (χ4n) is 1.26. The van der Waals surface area contributed by atoms with Gasteiger partial charge in [-0.05, 0) is 24.6 Å². The van der Waals surface area contributed by atoms with E-state index in [0.717, 1.165) is 0 Å². The van der Waals surface area contributed by atoms with Gasteiger partial charge in [0.25, 0.3) is 0 Å². The highest BCUT2D eigenvalue weighted by molar-refractivity contribution is 9.10. The summed E-state index contributed by atoms with van der Waals surface area (Å²) in [5.74, 6) is -1.06. The molecular weight excluding hydrogens is 302 g/mol. The highest BCUT2D eigenvalue weighted by Crippen LogP contribution is 2.25. The van der Waals surface area contributed by atoms with Crippen LogP contribution in [0, 0.1) is 6.92 Å². The number of carbonyl (C=O) groups is 2. The van der Waals surface area contributed by atoms with Gasteiger partial charge in [-0.3, -0.25) is 5.32 Å². The van der Waals surface area contributed by atoms with Crippen molar-refractivity contribution in [3.05, 3.63) is 40.4 Å². The van der Waals surface area contributed by atoms with Crippen molar-refractivity contribution in [1.29, 1.82) is 0 Å². The number of ether oxygens (including phenoxy) is 1. The summed E-state index contributed by atoms with van der Waals surface area (Å²) in [5.41, 5.74) is 1.05. The third-order valence-corrected chi connectivity index (χ3v) is 2.98. The van der Waals surface area contributed by atoms with Crippen molar-refractivity contribution >= 4 is 33.7 Å². The molecule has 1 aromatic rings. The Morgan fingerprint density at radius 3 is 2.78 bits per heavy atom. The highest BCUT2D eigenvalue weighted by Gasteiger charge is 2.13. The number of hydrogen-bond donors (Lipinski definition) is 2. The third kappa shape index (κ3) is 3.59. The van der Waals surface area contributed by atoms with Crippen LogP contribution >= 0.6 is 15.9 Å². The zero-order valence-corrected chi connectivity index (χ0v) is 11.3. The smallest absolute Gasteiger partial charge is 0.411 e. The lowest BCUT2D eigenvalue weighted by atomic mass is 10.1. The van der Waals surface area contributed by atoms with E-state index in [-0.39, 0.29) is 12.2 Å². The molecule has 2 N–H and O–H groups in total. The van der Waals surface area contributed by atoms with Crippen molar-refractivity contribution in [3.8, 4) is 0 Å².